The van der Waals surface area contributed by atoms with Gasteiger partial charge in [0.1, 0.15) is 12.7 Å². The Hall–Kier alpha value is -1.53. The SMILES string of the molecule is CC=CC(=O)OCC1C[C@@H](O)[C@@H](O)C(=O)C1=O. The van der Waals surface area contributed by atoms with E-state index in [1.807, 2.05) is 0 Å². The minimum atomic E-state index is -1.66. The van der Waals surface area contributed by atoms with Gasteiger partial charge in [-0.2, -0.15) is 0 Å². The molecule has 1 aliphatic carbocycles. The maximum atomic E-state index is 11.4. The summed E-state index contributed by atoms with van der Waals surface area (Å²) in [5.41, 5.74) is 0. The molecule has 1 unspecified atom stereocenters. The van der Waals surface area contributed by atoms with E-state index in [4.69, 9.17) is 9.84 Å². The largest absolute Gasteiger partial charge is 0.462 e. The summed E-state index contributed by atoms with van der Waals surface area (Å²) in [5.74, 6) is -3.34. The van der Waals surface area contributed by atoms with Gasteiger partial charge in [0.25, 0.3) is 0 Å². The van der Waals surface area contributed by atoms with Crippen molar-refractivity contribution in [3.8, 4) is 0 Å². The first kappa shape index (κ1) is 13.5. The highest BCUT2D eigenvalue weighted by atomic mass is 16.5. The number of allylic oxidation sites excluding steroid dienone is 1. The van der Waals surface area contributed by atoms with Crippen molar-refractivity contribution < 1.29 is 29.3 Å². The maximum absolute atomic E-state index is 11.4. The Bertz CT molecular complexity index is 359. The molecule has 0 radical (unpaired) electrons. The van der Waals surface area contributed by atoms with Gasteiger partial charge in [0.2, 0.25) is 11.6 Å². The number of ether oxygens (including phenoxy) is 1. The minimum absolute atomic E-state index is 0.0884. The van der Waals surface area contributed by atoms with Gasteiger partial charge in [-0.1, -0.05) is 6.08 Å². The second kappa shape index (κ2) is 5.70. The van der Waals surface area contributed by atoms with E-state index in [-0.39, 0.29) is 13.0 Å². The number of aliphatic hydroxyl groups is 2. The van der Waals surface area contributed by atoms with Crippen molar-refractivity contribution in [1.82, 2.24) is 0 Å². The van der Waals surface area contributed by atoms with Crippen molar-refractivity contribution in [2.45, 2.75) is 25.6 Å². The van der Waals surface area contributed by atoms with Crippen LogP contribution in [0.2, 0.25) is 0 Å². The lowest BCUT2D eigenvalue weighted by atomic mass is 9.84. The zero-order valence-corrected chi connectivity index (χ0v) is 9.33. The van der Waals surface area contributed by atoms with Crippen LogP contribution in [0.15, 0.2) is 12.2 Å². The molecular formula is C11H14O6. The fourth-order valence-electron chi connectivity index (χ4n) is 1.56. The van der Waals surface area contributed by atoms with Gasteiger partial charge < -0.3 is 14.9 Å². The summed E-state index contributed by atoms with van der Waals surface area (Å²) >= 11 is 0. The van der Waals surface area contributed by atoms with E-state index in [0.29, 0.717) is 0 Å². The number of hydrogen-bond acceptors (Lipinski definition) is 6. The van der Waals surface area contributed by atoms with Crippen molar-refractivity contribution in [2.24, 2.45) is 5.92 Å². The molecule has 0 bridgehead atoms. The van der Waals surface area contributed by atoms with Crippen LogP contribution in [0, 0.1) is 5.92 Å². The Kier molecular flexibility index (Phi) is 4.53. The molecule has 0 saturated heterocycles. The van der Waals surface area contributed by atoms with E-state index in [1.165, 1.54) is 12.2 Å². The summed E-state index contributed by atoms with van der Waals surface area (Å²) in [7, 11) is 0. The van der Waals surface area contributed by atoms with Crippen LogP contribution in [0.1, 0.15) is 13.3 Å². The summed E-state index contributed by atoms with van der Waals surface area (Å²) in [5, 5.41) is 18.5. The van der Waals surface area contributed by atoms with Gasteiger partial charge in [0, 0.05) is 6.08 Å². The standard InChI is InChI=1S/C11H14O6/c1-2-3-8(13)17-5-6-4-7(12)10(15)11(16)9(6)14/h2-3,6-7,10,12,15H,4-5H2,1H3/t6?,7-,10-/m1/s1. The van der Waals surface area contributed by atoms with Crippen LogP contribution in [0.4, 0.5) is 0 Å². The molecule has 0 aromatic heterocycles. The van der Waals surface area contributed by atoms with Gasteiger partial charge in [-0.05, 0) is 13.3 Å². The number of aliphatic hydroxyl groups excluding tert-OH is 2. The van der Waals surface area contributed by atoms with Gasteiger partial charge in [-0.3, -0.25) is 9.59 Å². The van der Waals surface area contributed by atoms with Crippen LogP contribution < -0.4 is 0 Å². The number of rotatable bonds is 3. The van der Waals surface area contributed by atoms with Crippen molar-refractivity contribution in [1.29, 1.82) is 0 Å². The zero-order chi connectivity index (χ0) is 13.0. The molecule has 6 heteroatoms. The Morgan fingerprint density at radius 3 is 2.65 bits per heavy atom. The molecular weight excluding hydrogens is 228 g/mol. The van der Waals surface area contributed by atoms with Gasteiger partial charge in [-0.15, -0.1) is 0 Å². The van der Waals surface area contributed by atoms with Gasteiger partial charge in [0.15, 0.2) is 0 Å². The molecule has 0 amide bonds. The van der Waals surface area contributed by atoms with E-state index in [9.17, 15) is 19.5 Å². The van der Waals surface area contributed by atoms with Crippen LogP contribution in [0.3, 0.4) is 0 Å². The molecule has 1 saturated carbocycles. The third-order valence-electron chi connectivity index (χ3n) is 2.50. The third kappa shape index (κ3) is 3.21. The van der Waals surface area contributed by atoms with Crippen LogP contribution in [-0.2, 0) is 19.1 Å². The third-order valence-corrected chi connectivity index (χ3v) is 2.50. The highest BCUT2D eigenvalue weighted by Crippen LogP contribution is 2.20. The number of Topliss-reactive ketones (excluding diaryl/α,β-unsaturated/α-hetero) is 2. The van der Waals surface area contributed by atoms with Crippen LogP contribution in [0.5, 0.6) is 0 Å². The van der Waals surface area contributed by atoms with Crippen molar-refractivity contribution in [2.75, 3.05) is 6.61 Å². The number of esters is 1. The van der Waals surface area contributed by atoms with E-state index in [0.717, 1.165) is 0 Å². The Labute approximate surface area is 97.9 Å². The molecule has 3 atom stereocenters. The summed E-state index contributed by atoms with van der Waals surface area (Å²) in [6, 6.07) is 0. The first-order valence-corrected chi connectivity index (χ1v) is 5.21. The Morgan fingerprint density at radius 2 is 2.06 bits per heavy atom. The van der Waals surface area contributed by atoms with E-state index >= 15 is 0 Å². The first-order valence-electron chi connectivity index (χ1n) is 5.21. The summed E-state index contributed by atoms with van der Waals surface area (Å²) in [6.45, 7) is 1.37. The molecule has 1 fully saturated rings. The number of carbonyl (C=O) groups excluding carboxylic acids is 3. The van der Waals surface area contributed by atoms with Crippen LogP contribution in [-0.4, -0.2) is 46.6 Å². The molecule has 0 aromatic rings. The topological polar surface area (TPSA) is 101 Å². The Balaban J connectivity index is 2.57. The minimum Gasteiger partial charge on any atom is -0.462 e. The zero-order valence-electron chi connectivity index (χ0n) is 9.33. The maximum Gasteiger partial charge on any atom is 0.330 e. The fourth-order valence-corrected chi connectivity index (χ4v) is 1.56. The van der Waals surface area contributed by atoms with Gasteiger partial charge >= 0.3 is 5.97 Å². The van der Waals surface area contributed by atoms with Crippen LogP contribution >= 0.6 is 0 Å². The second-order valence-corrected chi connectivity index (χ2v) is 3.80. The van der Waals surface area contributed by atoms with Crippen molar-refractivity contribution in [3.05, 3.63) is 12.2 Å². The smallest absolute Gasteiger partial charge is 0.330 e. The van der Waals surface area contributed by atoms with Gasteiger partial charge in [-0.25, -0.2) is 4.79 Å². The molecule has 6 nitrogen and oxygen atoms in total. The average Bonchev–Trinajstić information content (AvgIpc) is 2.30. The quantitative estimate of drug-likeness (QED) is 0.373. The van der Waals surface area contributed by atoms with E-state index in [2.05, 4.69) is 0 Å². The highest BCUT2D eigenvalue weighted by Gasteiger charge is 2.41. The second-order valence-electron chi connectivity index (χ2n) is 3.80. The number of ketones is 2. The fraction of sp³-hybridized carbons (Fsp3) is 0.545. The molecule has 94 valence electrons. The summed E-state index contributed by atoms with van der Waals surface area (Å²) in [6.07, 6.45) is -0.375. The molecule has 0 aliphatic heterocycles. The molecule has 0 aromatic carbocycles. The summed E-state index contributed by atoms with van der Waals surface area (Å²) < 4.78 is 4.73. The lowest BCUT2D eigenvalue weighted by Gasteiger charge is -2.27. The predicted octanol–water partition coefficient (Wildman–Crippen LogP) is -1.01. The average molecular weight is 242 g/mol. The molecule has 17 heavy (non-hydrogen) atoms. The Morgan fingerprint density at radius 1 is 1.41 bits per heavy atom. The lowest BCUT2D eigenvalue weighted by molar-refractivity contribution is -0.157. The van der Waals surface area contributed by atoms with E-state index in [1.54, 1.807) is 6.92 Å². The molecule has 0 heterocycles. The molecule has 1 aliphatic rings. The predicted molar refractivity (Wildman–Crippen MR) is 55.9 cm³/mol. The number of hydrogen-bond donors (Lipinski definition) is 2. The lowest BCUT2D eigenvalue weighted by Crippen LogP contribution is -2.49. The normalized spacial score (nSPS) is 29.7. The number of carbonyl (C=O) groups is 3. The van der Waals surface area contributed by atoms with Crippen LogP contribution in [0.25, 0.3) is 0 Å². The van der Waals surface area contributed by atoms with Crippen molar-refractivity contribution >= 4 is 17.5 Å². The molecule has 2 N–H and O–H groups in total. The highest BCUT2D eigenvalue weighted by molar-refractivity contribution is 6.40. The molecule has 1 rings (SSSR count). The van der Waals surface area contributed by atoms with E-state index < -0.39 is 35.7 Å². The van der Waals surface area contributed by atoms with Gasteiger partial charge in [0.05, 0.1) is 12.0 Å². The first-order chi connectivity index (χ1) is 7.97. The van der Waals surface area contributed by atoms with Crippen molar-refractivity contribution in [3.63, 3.8) is 0 Å². The monoisotopic (exact) mass is 242 g/mol. The molecule has 0 spiro atoms. The summed E-state index contributed by atoms with van der Waals surface area (Å²) in [4.78, 5) is 33.6.